The van der Waals surface area contributed by atoms with Crippen LogP contribution in [0, 0.1) is 0 Å². The molecule has 1 atom stereocenters. The van der Waals surface area contributed by atoms with Crippen molar-refractivity contribution < 1.29 is 9.90 Å². The van der Waals surface area contributed by atoms with Crippen molar-refractivity contribution in [2.45, 2.75) is 18.8 Å². The van der Waals surface area contributed by atoms with E-state index in [0.717, 1.165) is 5.56 Å². The lowest BCUT2D eigenvalue weighted by molar-refractivity contribution is 0.0922. The molecular formula is C11H14ClNO2. The number of amides is 1. The summed E-state index contributed by atoms with van der Waals surface area (Å²) in [5, 5.41) is 11.4. The minimum absolute atomic E-state index is 0.0640. The largest absolute Gasteiger partial charge is 0.394 e. The highest BCUT2D eigenvalue weighted by molar-refractivity contribution is 6.17. The van der Waals surface area contributed by atoms with E-state index in [2.05, 4.69) is 5.32 Å². The molecule has 1 rings (SSSR count). The van der Waals surface area contributed by atoms with Crippen LogP contribution in [0.15, 0.2) is 24.3 Å². The highest BCUT2D eigenvalue weighted by Gasteiger charge is 2.08. The molecule has 0 fully saturated rings. The van der Waals surface area contributed by atoms with Gasteiger partial charge in [-0.2, -0.15) is 0 Å². The first-order chi connectivity index (χ1) is 7.17. The SMILES string of the molecule is C[C@H](CO)NC(=O)c1ccc(CCl)cc1. The number of alkyl halides is 1. The summed E-state index contributed by atoms with van der Waals surface area (Å²) >= 11 is 5.63. The molecule has 0 bridgehead atoms. The summed E-state index contributed by atoms with van der Waals surface area (Å²) in [4.78, 5) is 11.6. The molecule has 0 aliphatic heterocycles. The van der Waals surface area contributed by atoms with Gasteiger partial charge >= 0.3 is 0 Å². The van der Waals surface area contributed by atoms with Crippen LogP contribution in [-0.2, 0) is 5.88 Å². The zero-order valence-corrected chi connectivity index (χ0v) is 9.29. The molecule has 3 nitrogen and oxygen atoms in total. The number of aliphatic hydroxyl groups is 1. The summed E-state index contributed by atoms with van der Waals surface area (Å²) in [6.07, 6.45) is 0. The summed E-state index contributed by atoms with van der Waals surface area (Å²) in [6.45, 7) is 1.68. The number of carbonyl (C=O) groups excluding carboxylic acids is 1. The maximum Gasteiger partial charge on any atom is 0.251 e. The fraction of sp³-hybridized carbons (Fsp3) is 0.364. The Hall–Kier alpha value is -1.06. The monoisotopic (exact) mass is 227 g/mol. The van der Waals surface area contributed by atoms with E-state index in [1.807, 2.05) is 12.1 Å². The van der Waals surface area contributed by atoms with E-state index in [0.29, 0.717) is 11.4 Å². The summed E-state index contributed by atoms with van der Waals surface area (Å²) in [5.41, 5.74) is 1.55. The number of benzene rings is 1. The second kappa shape index (κ2) is 5.73. The van der Waals surface area contributed by atoms with E-state index >= 15 is 0 Å². The second-order valence-electron chi connectivity index (χ2n) is 3.39. The first-order valence-corrected chi connectivity index (χ1v) is 5.27. The average molecular weight is 228 g/mol. The Morgan fingerprint density at radius 2 is 2.07 bits per heavy atom. The molecule has 4 heteroatoms. The third kappa shape index (κ3) is 3.53. The van der Waals surface area contributed by atoms with Gasteiger partial charge in [-0.25, -0.2) is 0 Å². The van der Waals surface area contributed by atoms with Gasteiger partial charge in [-0.3, -0.25) is 4.79 Å². The van der Waals surface area contributed by atoms with E-state index in [1.165, 1.54) is 0 Å². The summed E-state index contributed by atoms with van der Waals surface area (Å²) in [7, 11) is 0. The molecule has 0 spiro atoms. The van der Waals surface area contributed by atoms with Crippen LogP contribution in [0.25, 0.3) is 0 Å². The van der Waals surface area contributed by atoms with Gasteiger partial charge in [0.25, 0.3) is 5.91 Å². The standard InChI is InChI=1S/C11H14ClNO2/c1-8(7-14)13-11(15)10-4-2-9(6-12)3-5-10/h2-5,8,14H,6-7H2,1H3,(H,13,15)/t8-/m1/s1. The van der Waals surface area contributed by atoms with Crippen molar-refractivity contribution in [1.82, 2.24) is 5.32 Å². The van der Waals surface area contributed by atoms with Gasteiger partial charge in [-0.15, -0.1) is 11.6 Å². The predicted octanol–water partition coefficient (Wildman–Crippen LogP) is 1.54. The molecule has 0 saturated heterocycles. The molecule has 0 heterocycles. The maximum atomic E-state index is 11.6. The van der Waals surface area contributed by atoms with E-state index in [9.17, 15) is 4.79 Å². The molecule has 2 N–H and O–H groups in total. The lowest BCUT2D eigenvalue weighted by Gasteiger charge is -2.10. The van der Waals surface area contributed by atoms with Crippen molar-refractivity contribution in [3.8, 4) is 0 Å². The van der Waals surface area contributed by atoms with Crippen molar-refractivity contribution >= 4 is 17.5 Å². The van der Waals surface area contributed by atoms with Crippen molar-refractivity contribution in [1.29, 1.82) is 0 Å². The van der Waals surface area contributed by atoms with Gasteiger partial charge in [0.05, 0.1) is 6.61 Å². The van der Waals surface area contributed by atoms with Crippen LogP contribution >= 0.6 is 11.6 Å². The number of aliphatic hydroxyl groups excluding tert-OH is 1. The average Bonchev–Trinajstić information content (AvgIpc) is 2.29. The molecule has 82 valence electrons. The van der Waals surface area contributed by atoms with Crippen LogP contribution in [0.2, 0.25) is 0 Å². The van der Waals surface area contributed by atoms with E-state index in [-0.39, 0.29) is 18.6 Å². The molecule has 1 aromatic carbocycles. The van der Waals surface area contributed by atoms with Crippen molar-refractivity contribution in [2.75, 3.05) is 6.61 Å². The molecule has 0 saturated carbocycles. The first-order valence-electron chi connectivity index (χ1n) is 4.74. The molecule has 1 aromatic rings. The van der Waals surface area contributed by atoms with E-state index in [1.54, 1.807) is 19.1 Å². The van der Waals surface area contributed by atoms with Crippen LogP contribution in [0.5, 0.6) is 0 Å². The zero-order chi connectivity index (χ0) is 11.3. The van der Waals surface area contributed by atoms with Crippen LogP contribution in [0.1, 0.15) is 22.8 Å². The Balaban J connectivity index is 2.66. The lowest BCUT2D eigenvalue weighted by atomic mass is 10.1. The maximum absolute atomic E-state index is 11.6. The van der Waals surface area contributed by atoms with Gasteiger partial charge in [0.15, 0.2) is 0 Å². The predicted molar refractivity (Wildman–Crippen MR) is 60.0 cm³/mol. The van der Waals surface area contributed by atoms with Crippen molar-refractivity contribution in [2.24, 2.45) is 0 Å². The summed E-state index contributed by atoms with van der Waals surface area (Å²) in [6, 6.07) is 6.83. The molecule has 1 amide bonds. The zero-order valence-electron chi connectivity index (χ0n) is 8.53. The lowest BCUT2D eigenvalue weighted by Crippen LogP contribution is -2.34. The van der Waals surface area contributed by atoms with Gasteiger partial charge < -0.3 is 10.4 Å². The second-order valence-corrected chi connectivity index (χ2v) is 3.65. The Morgan fingerprint density at radius 3 is 2.53 bits per heavy atom. The van der Waals surface area contributed by atoms with Crippen LogP contribution < -0.4 is 5.32 Å². The minimum Gasteiger partial charge on any atom is -0.394 e. The minimum atomic E-state index is -0.231. The fourth-order valence-corrected chi connectivity index (χ4v) is 1.28. The smallest absolute Gasteiger partial charge is 0.251 e. The van der Waals surface area contributed by atoms with Crippen LogP contribution in [0.4, 0.5) is 0 Å². The van der Waals surface area contributed by atoms with Crippen molar-refractivity contribution in [3.05, 3.63) is 35.4 Å². The molecule has 0 aliphatic carbocycles. The quantitative estimate of drug-likeness (QED) is 0.767. The summed E-state index contributed by atoms with van der Waals surface area (Å²) < 4.78 is 0. The first kappa shape index (κ1) is 12.0. The van der Waals surface area contributed by atoms with Gasteiger partial charge in [-0.1, -0.05) is 12.1 Å². The summed E-state index contributed by atoms with van der Waals surface area (Å²) in [5.74, 6) is 0.257. The third-order valence-corrected chi connectivity index (χ3v) is 2.33. The van der Waals surface area contributed by atoms with Crippen molar-refractivity contribution in [3.63, 3.8) is 0 Å². The molecule has 0 aromatic heterocycles. The fourth-order valence-electron chi connectivity index (χ4n) is 1.10. The van der Waals surface area contributed by atoms with Gasteiger partial charge in [0.2, 0.25) is 0 Å². The highest BCUT2D eigenvalue weighted by atomic mass is 35.5. The van der Waals surface area contributed by atoms with Crippen LogP contribution in [-0.4, -0.2) is 23.7 Å². The van der Waals surface area contributed by atoms with Gasteiger partial charge in [0, 0.05) is 17.5 Å². The number of hydrogen-bond acceptors (Lipinski definition) is 2. The molecule has 0 aliphatic rings. The molecular weight excluding hydrogens is 214 g/mol. The van der Waals surface area contributed by atoms with E-state index in [4.69, 9.17) is 16.7 Å². The Bertz CT molecular complexity index is 324. The Morgan fingerprint density at radius 1 is 1.47 bits per heavy atom. The number of halogens is 1. The molecule has 0 unspecified atom stereocenters. The number of hydrogen-bond donors (Lipinski definition) is 2. The molecule has 15 heavy (non-hydrogen) atoms. The van der Waals surface area contributed by atoms with E-state index < -0.39 is 0 Å². The third-order valence-electron chi connectivity index (χ3n) is 2.02. The molecule has 0 radical (unpaired) electrons. The van der Waals surface area contributed by atoms with Crippen LogP contribution in [0.3, 0.4) is 0 Å². The Labute approximate surface area is 94.1 Å². The number of nitrogens with one attached hydrogen (secondary N) is 1. The highest BCUT2D eigenvalue weighted by Crippen LogP contribution is 2.06. The normalized spacial score (nSPS) is 12.2. The van der Waals surface area contributed by atoms with Gasteiger partial charge in [-0.05, 0) is 24.6 Å². The van der Waals surface area contributed by atoms with Gasteiger partial charge in [0.1, 0.15) is 0 Å². The number of carbonyl (C=O) groups is 1. The number of rotatable bonds is 4. The Kier molecular flexibility index (Phi) is 4.59. The topological polar surface area (TPSA) is 49.3 Å².